The number of anilines is 1. The van der Waals surface area contributed by atoms with E-state index in [-0.39, 0.29) is 5.91 Å². The molecule has 1 aromatic heterocycles. The zero-order chi connectivity index (χ0) is 19.1. The van der Waals surface area contributed by atoms with Gasteiger partial charge in [0.15, 0.2) is 0 Å². The topological polar surface area (TPSA) is 83.2 Å². The fraction of sp³-hybridized carbons (Fsp3) is 0.238. The normalized spacial score (nSPS) is 10.7. The van der Waals surface area contributed by atoms with Gasteiger partial charge in [-0.1, -0.05) is 30.3 Å². The Morgan fingerprint density at radius 3 is 2.67 bits per heavy atom. The predicted octanol–water partition coefficient (Wildman–Crippen LogP) is 3.12. The van der Waals surface area contributed by atoms with E-state index in [1.165, 1.54) is 18.1 Å². The molecule has 0 unspecified atom stereocenters. The maximum atomic E-state index is 12.1. The molecule has 140 valence electrons. The van der Waals surface area contributed by atoms with Gasteiger partial charge in [-0.3, -0.25) is 4.79 Å². The summed E-state index contributed by atoms with van der Waals surface area (Å²) in [5.74, 6) is -0.617. The van der Waals surface area contributed by atoms with E-state index >= 15 is 0 Å². The number of methoxy groups -OCH3 is 1. The first-order valence-corrected chi connectivity index (χ1v) is 8.92. The van der Waals surface area contributed by atoms with Crippen molar-refractivity contribution in [3.63, 3.8) is 0 Å². The number of carbonyl (C=O) groups excluding carboxylic acids is 2. The van der Waals surface area contributed by atoms with E-state index in [1.807, 2.05) is 18.3 Å². The maximum Gasteiger partial charge on any atom is 0.339 e. The predicted molar refractivity (Wildman–Crippen MR) is 106 cm³/mol. The van der Waals surface area contributed by atoms with Crippen LogP contribution in [0.3, 0.4) is 0 Å². The van der Waals surface area contributed by atoms with E-state index in [0.717, 1.165) is 18.5 Å². The van der Waals surface area contributed by atoms with Crippen LogP contribution in [0.1, 0.15) is 22.3 Å². The molecule has 0 aliphatic rings. The van der Waals surface area contributed by atoms with Gasteiger partial charge in [-0.05, 0) is 36.7 Å². The highest BCUT2D eigenvalue weighted by molar-refractivity contribution is 6.01. The summed E-state index contributed by atoms with van der Waals surface area (Å²) in [6, 6.07) is 15.0. The number of benzene rings is 2. The summed E-state index contributed by atoms with van der Waals surface area (Å²) >= 11 is 0. The number of ether oxygens (including phenoxy) is 1. The van der Waals surface area contributed by atoms with Crippen LogP contribution in [0.2, 0.25) is 0 Å². The van der Waals surface area contributed by atoms with Crippen LogP contribution in [-0.4, -0.2) is 37.1 Å². The molecule has 0 radical (unpaired) electrons. The molecule has 0 saturated carbocycles. The Balaban J connectivity index is 1.43. The van der Waals surface area contributed by atoms with Crippen molar-refractivity contribution >= 4 is 28.5 Å². The minimum absolute atomic E-state index is 0.147. The Hall–Kier alpha value is -3.12. The smallest absolute Gasteiger partial charge is 0.339 e. The van der Waals surface area contributed by atoms with Gasteiger partial charge in [0.2, 0.25) is 5.91 Å². The number of aromatic amines is 1. The van der Waals surface area contributed by atoms with Crippen molar-refractivity contribution in [1.82, 2.24) is 10.3 Å². The fourth-order valence-corrected chi connectivity index (χ4v) is 2.98. The summed E-state index contributed by atoms with van der Waals surface area (Å²) in [4.78, 5) is 27.1. The van der Waals surface area contributed by atoms with Crippen LogP contribution in [0, 0.1) is 0 Å². The number of hydrogen-bond donors (Lipinski definition) is 3. The minimum Gasteiger partial charge on any atom is -0.465 e. The first-order valence-electron chi connectivity index (χ1n) is 8.92. The second kappa shape index (κ2) is 9.00. The van der Waals surface area contributed by atoms with Crippen molar-refractivity contribution in [2.75, 3.05) is 25.5 Å². The van der Waals surface area contributed by atoms with Gasteiger partial charge in [-0.15, -0.1) is 0 Å². The number of nitrogens with one attached hydrogen (secondary N) is 3. The lowest BCUT2D eigenvalue weighted by Crippen LogP contribution is -2.24. The monoisotopic (exact) mass is 365 g/mol. The van der Waals surface area contributed by atoms with Crippen LogP contribution in [0.5, 0.6) is 0 Å². The van der Waals surface area contributed by atoms with Crippen LogP contribution in [0.15, 0.2) is 54.7 Å². The molecule has 27 heavy (non-hydrogen) atoms. The zero-order valence-electron chi connectivity index (χ0n) is 15.2. The number of esters is 1. The molecule has 6 heteroatoms. The van der Waals surface area contributed by atoms with E-state index < -0.39 is 5.97 Å². The third-order valence-corrected chi connectivity index (χ3v) is 4.38. The Labute approximate surface area is 157 Å². The van der Waals surface area contributed by atoms with Gasteiger partial charge >= 0.3 is 5.97 Å². The van der Waals surface area contributed by atoms with E-state index in [1.54, 1.807) is 24.3 Å². The quantitative estimate of drug-likeness (QED) is 0.423. The van der Waals surface area contributed by atoms with Crippen molar-refractivity contribution in [2.45, 2.75) is 12.8 Å². The SMILES string of the molecule is COC(=O)c1ccccc1NC(=O)CCNCCc1c[nH]c2ccccc12. The lowest BCUT2D eigenvalue weighted by Gasteiger charge is -2.10. The molecule has 0 fully saturated rings. The van der Waals surface area contributed by atoms with Gasteiger partial charge in [-0.2, -0.15) is 0 Å². The molecule has 1 amide bonds. The molecule has 0 spiro atoms. The van der Waals surface area contributed by atoms with Crippen molar-refractivity contribution in [3.8, 4) is 0 Å². The summed E-state index contributed by atoms with van der Waals surface area (Å²) in [6.07, 6.45) is 3.24. The van der Waals surface area contributed by atoms with Crippen LogP contribution in [-0.2, 0) is 16.0 Å². The third kappa shape index (κ3) is 4.74. The molecule has 3 N–H and O–H groups in total. The van der Waals surface area contributed by atoms with E-state index in [0.29, 0.717) is 24.2 Å². The number of carbonyl (C=O) groups is 2. The van der Waals surface area contributed by atoms with Crippen molar-refractivity contribution in [2.24, 2.45) is 0 Å². The number of rotatable bonds is 8. The summed E-state index contributed by atoms with van der Waals surface area (Å²) < 4.78 is 4.73. The molecule has 1 heterocycles. The Kier molecular flexibility index (Phi) is 6.22. The number of para-hydroxylation sites is 2. The number of aromatic nitrogens is 1. The van der Waals surface area contributed by atoms with E-state index in [4.69, 9.17) is 4.74 Å². The summed E-state index contributed by atoms with van der Waals surface area (Å²) in [7, 11) is 1.32. The summed E-state index contributed by atoms with van der Waals surface area (Å²) in [5, 5.41) is 7.29. The average molecular weight is 365 g/mol. The second-order valence-electron chi connectivity index (χ2n) is 6.19. The fourth-order valence-electron chi connectivity index (χ4n) is 2.98. The number of H-pyrrole nitrogens is 1. The second-order valence-corrected chi connectivity index (χ2v) is 6.19. The molecular weight excluding hydrogens is 342 g/mol. The van der Waals surface area contributed by atoms with Gasteiger partial charge < -0.3 is 20.4 Å². The molecule has 2 aromatic carbocycles. The van der Waals surface area contributed by atoms with Crippen LogP contribution in [0.4, 0.5) is 5.69 Å². The highest BCUT2D eigenvalue weighted by atomic mass is 16.5. The summed E-state index contributed by atoms with van der Waals surface area (Å²) in [6.45, 7) is 1.35. The van der Waals surface area contributed by atoms with Crippen LogP contribution >= 0.6 is 0 Å². The van der Waals surface area contributed by atoms with E-state index in [2.05, 4.69) is 27.8 Å². The Morgan fingerprint density at radius 2 is 1.81 bits per heavy atom. The maximum absolute atomic E-state index is 12.1. The number of fused-ring (bicyclic) bond motifs is 1. The molecule has 0 atom stereocenters. The molecule has 6 nitrogen and oxygen atoms in total. The molecule has 3 rings (SSSR count). The van der Waals surface area contributed by atoms with Crippen molar-refractivity contribution < 1.29 is 14.3 Å². The van der Waals surface area contributed by atoms with Gasteiger partial charge in [0, 0.05) is 30.1 Å². The third-order valence-electron chi connectivity index (χ3n) is 4.38. The van der Waals surface area contributed by atoms with E-state index in [9.17, 15) is 9.59 Å². The van der Waals surface area contributed by atoms with Gasteiger partial charge in [-0.25, -0.2) is 4.79 Å². The minimum atomic E-state index is -0.470. The van der Waals surface area contributed by atoms with Gasteiger partial charge in [0.1, 0.15) is 0 Å². The van der Waals surface area contributed by atoms with Crippen molar-refractivity contribution in [1.29, 1.82) is 0 Å². The molecule has 0 saturated heterocycles. The summed E-state index contributed by atoms with van der Waals surface area (Å²) in [5.41, 5.74) is 3.21. The van der Waals surface area contributed by atoms with Crippen LogP contribution in [0.25, 0.3) is 10.9 Å². The number of amides is 1. The average Bonchev–Trinajstić information content (AvgIpc) is 3.11. The lowest BCUT2D eigenvalue weighted by molar-refractivity contribution is -0.116. The van der Waals surface area contributed by atoms with Gasteiger partial charge in [0.25, 0.3) is 0 Å². The van der Waals surface area contributed by atoms with Crippen LogP contribution < -0.4 is 10.6 Å². The highest BCUT2D eigenvalue weighted by Crippen LogP contribution is 2.18. The number of hydrogen-bond acceptors (Lipinski definition) is 4. The lowest BCUT2D eigenvalue weighted by atomic mass is 10.1. The first-order chi connectivity index (χ1) is 13.2. The molecule has 0 aliphatic heterocycles. The zero-order valence-corrected chi connectivity index (χ0v) is 15.2. The molecular formula is C21H23N3O3. The molecule has 0 aliphatic carbocycles. The standard InChI is InChI=1S/C21H23N3O3/c1-27-21(26)17-7-3-5-9-19(17)24-20(25)11-13-22-12-10-15-14-23-18-8-4-2-6-16(15)18/h2-9,14,22-23H,10-13H2,1H3,(H,24,25). The Morgan fingerprint density at radius 1 is 1.04 bits per heavy atom. The molecule has 0 bridgehead atoms. The highest BCUT2D eigenvalue weighted by Gasteiger charge is 2.13. The largest absolute Gasteiger partial charge is 0.465 e. The Bertz CT molecular complexity index is 933. The molecule has 3 aromatic rings. The van der Waals surface area contributed by atoms with Gasteiger partial charge in [0.05, 0.1) is 18.4 Å². The first kappa shape index (κ1) is 18.7. The van der Waals surface area contributed by atoms with Crippen molar-refractivity contribution in [3.05, 3.63) is 65.9 Å².